The van der Waals surface area contributed by atoms with Crippen LogP contribution in [0.2, 0.25) is 0 Å². The zero-order chi connectivity index (χ0) is 35.1. The number of esters is 4. The van der Waals surface area contributed by atoms with E-state index >= 15 is 0 Å². The smallest absolute Gasteiger partial charge is 0.407 e. The molecule has 48 heavy (non-hydrogen) atoms. The highest BCUT2D eigenvalue weighted by Gasteiger charge is 2.53. The lowest BCUT2D eigenvalue weighted by Crippen LogP contribution is -2.64. The highest BCUT2D eigenvalue weighted by Crippen LogP contribution is 2.44. The predicted molar refractivity (Wildman–Crippen MR) is 162 cm³/mol. The van der Waals surface area contributed by atoms with Crippen molar-refractivity contribution >= 4 is 35.9 Å². The number of carboxylic acid groups (broad SMARTS) is 1. The molecule has 1 aliphatic carbocycles. The van der Waals surface area contributed by atoms with Crippen molar-refractivity contribution in [3.8, 4) is 11.1 Å². The molecule has 1 fully saturated rings. The van der Waals surface area contributed by atoms with Gasteiger partial charge in [0, 0.05) is 33.6 Å². The average Bonchev–Trinajstić information content (AvgIpc) is 3.33. The maximum Gasteiger partial charge on any atom is 0.407 e. The summed E-state index contributed by atoms with van der Waals surface area (Å²) >= 11 is 0. The van der Waals surface area contributed by atoms with Crippen molar-refractivity contribution in [2.75, 3.05) is 13.2 Å². The van der Waals surface area contributed by atoms with E-state index in [0.29, 0.717) is 0 Å². The van der Waals surface area contributed by atoms with Crippen LogP contribution < -0.4 is 5.32 Å². The molecule has 4 rings (SSSR count). The summed E-state index contributed by atoms with van der Waals surface area (Å²) in [7, 11) is 0. The number of carbonyl (C=O) groups is 6. The Bertz CT molecular complexity index is 1500. The second-order valence-corrected chi connectivity index (χ2v) is 11.2. The van der Waals surface area contributed by atoms with Crippen molar-refractivity contribution in [3.63, 3.8) is 0 Å². The second kappa shape index (κ2) is 15.7. The Kier molecular flexibility index (Phi) is 11.7. The summed E-state index contributed by atoms with van der Waals surface area (Å²) in [4.78, 5) is 73.0. The van der Waals surface area contributed by atoms with Crippen LogP contribution in [-0.2, 0) is 57.1 Å². The third-order valence-corrected chi connectivity index (χ3v) is 7.65. The van der Waals surface area contributed by atoms with Gasteiger partial charge in [-0.15, -0.1) is 0 Å². The van der Waals surface area contributed by atoms with Crippen molar-refractivity contribution in [1.82, 2.24) is 5.32 Å². The lowest BCUT2D eigenvalue weighted by atomic mass is 9.98. The van der Waals surface area contributed by atoms with Crippen molar-refractivity contribution in [1.29, 1.82) is 0 Å². The molecule has 0 aromatic heterocycles. The van der Waals surface area contributed by atoms with Crippen LogP contribution in [0, 0.1) is 0 Å². The van der Waals surface area contributed by atoms with Gasteiger partial charge in [-0.1, -0.05) is 48.5 Å². The van der Waals surface area contributed by atoms with Crippen LogP contribution in [0.4, 0.5) is 4.79 Å². The standard InChI is InChI=1S/C33H37NO14/c1-16(27(31(39)40)34-33(41)43-14-25-23-12-8-6-10-21(23)22-11-7-9-13-24(22)25)44-32-30(47-20(5)38)29(46-19(4)37)28(45-18(3)36)26(48-32)15-42-17(2)35/h6-13,16,25-30,32H,14-15H2,1-5H3,(H,34,41)(H,39,40)/t16-,26+,27+,28-,29+,30+,32-/m1/s1. The van der Waals surface area contributed by atoms with Gasteiger partial charge in [0.25, 0.3) is 0 Å². The van der Waals surface area contributed by atoms with Crippen LogP contribution in [0.1, 0.15) is 51.7 Å². The van der Waals surface area contributed by atoms with Gasteiger partial charge in [-0.25, -0.2) is 9.59 Å². The Balaban J connectivity index is 1.52. The Morgan fingerprint density at radius 3 is 1.77 bits per heavy atom. The summed E-state index contributed by atoms with van der Waals surface area (Å²) in [5.41, 5.74) is 3.94. The number of ether oxygens (including phenoxy) is 7. The fraction of sp³-hybridized carbons (Fsp3) is 0.455. The van der Waals surface area contributed by atoms with Gasteiger partial charge in [0.05, 0.1) is 6.10 Å². The summed E-state index contributed by atoms with van der Waals surface area (Å²) in [6.07, 6.45) is -9.95. The highest BCUT2D eigenvalue weighted by atomic mass is 16.7. The van der Waals surface area contributed by atoms with Gasteiger partial charge >= 0.3 is 35.9 Å². The van der Waals surface area contributed by atoms with Gasteiger partial charge in [-0.2, -0.15) is 0 Å². The molecule has 0 bridgehead atoms. The molecule has 1 heterocycles. The number of hydrogen-bond acceptors (Lipinski definition) is 13. The normalized spacial score (nSPS) is 22.6. The molecule has 0 unspecified atom stereocenters. The quantitative estimate of drug-likeness (QED) is 0.246. The topological polar surface area (TPSA) is 199 Å². The van der Waals surface area contributed by atoms with Crippen LogP contribution in [0.3, 0.4) is 0 Å². The largest absolute Gasteiger partial charge is 0.480 e. The fourth-order valence-electron chi connectivity index (χ4n) is 5.74. The fourth-order valence-corrected chi connectivity index (χ4v) is 5.74. The summed E-state index contributed by atoms with van der Waals surface area (Å²) in [5.74, 6) is -5.03. The molecule has 15 nitrogen and oxygen atoms in total. The SMILES string of the molecule is CC(=O)OC[C@@H]1O[C@@H](O[C@H](C)[C@H](NC(=O)OCC2c3ccccc3-c3ccccc32)C(=O)O)[C@@H](OC(C)=O)[C@@H](OC(C)=O)[C@@H]1OC(C)=O. The molecule has 2 N–H and O–H groups in total. The monoisotopic (exact) mass is 671 g/mol. The van der Waals surface area contributed by atoms with Gasteiger partial charge in [-0.05, 0) is 29.2 Å². The van der Waals surface area contributed by atoms with Gasteiger partial charge < -0.3 is 43.6 Å². The number of amides is 1. The Hall–Kier alpha value is -5.02. The Labute approximate surface area is 275 Å². The Morgan fingerprint density at radius 2 is 1.25 bits per heavy atom. The first-order valence-electron chi connectivity index (χ1n) is 15.1. The zero-order valence-electron chi connectivity index (χ0n) is 26.9. The molecular weight excluding hydrogens is 634 g/mol. The van der Waals surface area contributed by atoms with Crippen LogP contribution in [0.15, 0.2) is 48.5 Å². The van der Waals surface area contributed by atoms with E-state index in [2.05, 4.69) is 5.32 Å². The van der Waals surface area contributed by atoms with Crippen molar-refractivity contribution in [3.05, 3.63) is 59.7 Å². The van der Waals surface area contributed by atoms with Crippen LogP contribution >= 0.6 is 0 Å². The molecule has 7 atom stereocenters. The molecule has 2 aromatic rings. The second-order valence-electron chi connectivity index (χ2n) is 11.2. The van der Waals surface area contributed by atoms with Crippen LogP contribution in [-0.4, -0.2) is 97.1 Å². The minimum absolute atomic E-state index is 0.0822. The summed E-state index contributed by atoms with van der Waals surface area (Å²) in [6, 6.07) is 13.7. The van der Waals surface area contributed by atoms with E-state index in [9.17, 15) is 33.9 Å². The molecule has 0 saturated carbocycles. The van der Waals surface area contributed by atoms with E-state index in [1.54, 1.807) is 0 Å². The van der Waals surface area contributed by atoms with E-state index < -0.39 is 85.4 Å². The van der Waals surface area contributed by atoms with Gasteiger partial charge in [-0.3, -0.25) is 19.2 Å². The summed E-state index contributed by atoms with van der Waals surface area (Å²) in [5, 5.41) is 12.3. The average molecular weight is 672 g/mol. The van der Waals surface area contributed by atoms with Crippen LogP contribution in [0.5, 0.6) is 0 Å². The van der Waals surface area contributed by atoms with E-state index in [1.165, 1.54) is 6.92 Å². The lowest BCUT2D eigenvalue weighted by Gasteiger charge is -2.44. The van der Waals surface area contributed by atoms with Crippen molar-refractivity contribution < 1.29 is 67.0 Å². The molecule has 2 aromatic carbocycles. The number of carboxylic acids is 1. The molecule has 1 saturated heterocycles. The number of fused-ring (bicyclic) bond motifs is 3. The maximum absolute atomic E-state index is 13.0. The van der Waals surface area contributed by atoms with Gasteiger partial charge in [0.2, 0.25) is 0 Å². The van der Waals surface area contributed by atoms with Crippen LogP contribution in [0.25, 0.3) is 11.1 Å². The molecular formula is C33H37NO14. The summed E-state index contributed by atoms with van der Waals surface area (Å²) < 4.78 is 38.3. The first kappa shape index (κ1) is 35.8. The summed E-state index contributed by atoms with van der Waals surface area (Å²) in [6.45, 7) is 5.02. The molecule has 1 amide bonds. The zero-order valence-corrected chi connectivity index (χ0v) is 26.9. The highest BCUT2D eigenvalue weighted by molar-refractivity contribution is 5.81. The van der Waals surface area contributed by atoms with Crippen molar-refractivity contribution in [2.24, 2.45) is 0 Å². The van der Waals surface area contributed by atoms with E-state index in [0.717, 1.165) is 49.9 Å². The molecule has 15 heteroatoms. The molecule has 1 aliphatic heterocycles. The number of benzene rings is 2. The predicted octanol–water partition coefficient (Wildman–Crippen LogP) is 2.47. The molecule has 2 aliphatic rings. The first-order chi connectivity index (χ1) is 22.8. The maximum atomic E-state index is 13.0. The molecule has 0 radical (unpaired) electrons. The third kappa shape index (κ3) is 8.66. The third-order valence-electron chi connectivity index (χ3n) is 7.65. The number of alkyl carbamates (subject to hydrolysis) is 1. The molecule has 258 valence electrons. The number of aliphatic carboxylic acids is 1. The van der Waals surface area contributed by atoms with E-state index in [1.807, 2.05) is 48.5 Å². The van der Waals surface area contributed by atoms with Crippen molar-refractivity contribution in [2.45, 2.75) is 83.4 Å². The first-order valence-corrected chi connectivity index (χ1v) is 15.1. The van der Waals surface area contributed by atoms with Gasteiger partial charge in [0.15, 0.2) is 30.6 Å². The van der Waals surface area contributed by atoms with E-state index in [-0.39, 0.29) is 12.5 Å². The Morgan fingerprint density at radius 1 is 0.729 bits per heavy atom. The number of carbonyl (C=O) groups excluding carboxylic acids is 5. The van der Waals surface area contributed by atoms with Gasteiger partial charge in [0.1, 0.15) is 19.3 Å². The number of nitrogens with one attached hydrogen (secondary N) is 1. The number of hydrogen-bond donors (Lipinski definition) is 2. The minimum Gasteiger partial charge on any atom is -0.480 e. The minimum atomic E-state index is -1.72. The number of rotatable bonds is 12. The lowest BCUT2D eigenvalue weighted by molar-refractivity contribution is -0.316. The van der Waals surface area contributed by atoms with E-state index in [4.69, 9.17) is 33.2 Å². The molecule has 0 spiro atoms.